The van der Waals surface area contributed by atoms with E-state index in [0.717, 1.165) is 68.9 Å². The maximum atomic E-state index is 13.6. The Hall–Kier alpha value is -2.40. The van der Waals surface area contributed by atoms with Gasteiger partial charge in [-0.3, -0.25) is 4.90 Å². The third-order valence-corrected chi connectivity index (χ3v) is 6.03. The highest BCUT2D eigenvalue weighted by molar-refractivity contribution is 5.65. The van der Waals surface area contributed by atoms with Crippen LogP contribution >= 0.6 is 0 Å². The zero-order chi connectivity index (χ0) is 22.2. The summed E-state index contributed by atoms with van der Waals surface area (Å²) >= 11 is 0. The molecule has 0 radical (unpaired) electrons. The van der Waals surface area contributed by atoms with E-state index in [1.165, 1.54) is 11.6 Å². The van der Waals surface area contributed by atoms with Crippen molar-refractivity contribution in [2.45, 2.75) is 33.6 Å². The summed E-state index contributed by atoms with van der Waals surface area (Å²) in [7, 11) is 0. The first kappa shape index (κ1) is 23.3. The van der Waals surface area contributed by atoms with Crippen molar-refractivity contribution >= 4 is 12.0 Å². The second-order valence-corrected chi connectivity index (χ2v) is 8.67. The molecule has 0 saturated carbocycles. The van der Waals surface area contributed by atoms with Gasteiger partial charge in [0.2, 0.25) is 0 Å². The molecule has 1 atom stereocenters. The van der Waals surface area contributed by atoms with Crippen LogP contribution < -0.4 is 4.90 Å². The van der Waals surface area contributed by atoms with Gasteiger partial charge < -0.3 is 14.4 Å². The zero-order valence-electron chi connectivity index (χ0n) is 19.0. The summed E-state index contributed by atoms with van der Waals surface area (Å²) in [5.74, 6) is 0.589. The van der Waals surface area contributed by atoms with E-state index >= 15 is 0 Å². The number of halogens is 1. The molecule has 2 aliphatic rings. The summed E-state index contributed by atoms with van der Waals surface area (Å²) in [6.45, 7) is 11.2. The van der Waals surface area contributed by atoms with Crippen LogP contribution in [0, 0.1) is 17.7 Å². The Morgan fingerprint density at radius 2 is 1.97 bits per heavy atom. The largest absolute Gasteiger partial charge is 0.497 e. The maximum Gasteiger partial charge on any atom is 0.134 e. The molecule has 1 aromatic rings. The summed E-state index contributed by atoms with van der Waals surface area (Å²) in [6, 6.07) is 6.78. The first-order chi connectivity index (χ1) is 15.0. The average Bonchev–Trinajstić information content (AvgIpc) is 2.93. The number of hydrogen-bond acceptors (Lipinski definition) is 4. The summed E-state index contributed by atoms with van der Waals surface area (Å²) in [5.41, 5.74) is 3.19. The highest BCUT2D eigenvalue weighted by Gasteiger charge is 2.26. The third kappa shape index (κ3) is 6.30. The van der Waals surface area contributed by atoms with E-state index in [1.54, 1.807) is 12.1 Å². The first-order valence-electron chi connectivity index (χ1n) is 11.4. The summed E-state index contributed by atoms with van der Waals surface area (Å²) in [5, 5.41) is 0. The highest BCUT2D eigenvalue weighted by Crippen LogP contribution is 2.29. The van der Waals surface area contributed by atoms with Crippen LogP contribution in [0.25, 0.3) is 0 Å². The van der Waals surface area contributed by atoms with Crippen LogP contribution in [0.15, 0.2) is 59.4 Å². The molecule has 168 valence electrons. The molecule has 3 rings (SSSR count). The molecule has 31 heavy (non-hydrogen) atoms. The molecule has 0 bridgehead atoms. The van der Waals surface area contributed by atoms with Crippen molar-refractivity contribution in [1.82, 2.24) is 4.90 Å². The lowest BCUT2D eigenvalue weighted by Crippen LogP contribution is -2.47. The number of ether oxygens (including phenoxy) is 1. The number of carbonyl (C=O) groups excluding carboxylic acids is 1. The molecule has 1 aromatic carbocycles. The topological polar surface area (TPSA) is 32.8 Å². The van der Waals surface area contributed by atoms with E-state index < -0.39 is 0 Å². The summed E-state index contributed by atoms with van der Waals surface area (Å²) in [4.78, 5) is 16.7. The molecule has 0 amide bonds. The van der Waals surface area contributed by atoms with Gasteiger partial charge in [-0.1, -0.05) is 45.4 Å². The fourth-order valence-electron chi connectivity index (χ4n) is 4.02. The number of piperazine rings is 1. The van der Waals surface area contributed by atoms with Crippen molar-refractivity contribution in [3.05, 3.63) is 65.2 Å². The van der Waals surface area contributed by atoms with Crippen LogP contribution in [-0.4, -0.2) is 50.5 Å². The maximum absolute atomic E-state index is 13.6. The van der Waals surface area contributed by atoms with Crippen molar-refractivity contribution in [1.29, 1.82) is 0 Å². The number of hydrogen-bond donors (Lipinski definition) is 0. The molecule has 5 heteroatoms. The van der Waals surface area contributed by atoms with Gasteiger partial charge in [-0.2, -0.15) is 0 Å². The van der Waals surface area contributed by atoms with Crippen molar-refractivity contribution in [2.75, 3.05) is 44.2 Å². The van der Waals surface area contributed by atoms with Crippen LogP contribution in [0.5, 0.6) is 0 Å². The fraction of sp³-hybridized carbons (Fsp3) is 0.500. The van der Waals surface area contributed by atoms with Crippen LogP contribution in [0.2, 0.25) is 0 Å². The van der Waals surface area contributed by atoms with Crippen LogP contribution in [-0.2, 0) is 9.53 Å². The van der Waals surface area contributed by atoms with Crippen LogP contribution in [0.1, 0.15) is 33.6 Å². The molecular formula is C26H35FN2O2. The summed E-state index contributed by atoms with van der Waals surface area (Å²) < 4.78 is 19.6. The fourth-order valence-corrected chi connectivity index (χ4v) is 4.02. The van der Waals surface area contributed by atoms with Gasteiger partial charge in [0.15, 0.2) is 0 Å². The highest BCUT2D eigenvalue weighted by atomic mass is 19.1. The molecule has 1 saturated heterocycles. The van der Waals surface area contributed by atoms with Crippen molar-refractivity contribution in [3.8, 4) is 0 Å². The molecule has 4 nitrogen and oxygen atoms in total. The Balaban J connectivity index is 1.69. The Labute approximate surface area is 186 Å². The second kappa shape index (κ2) is 11.3. The standard InChI is InChI=1S/C26H35FN2O2/c1-4-5-15-31-26-16-21(20(2)3)9-10-22(25(26)19-30)18-28-11-13-29(14-12-28)24-8-6-7-23(27)17-24/h6-10,16-17,19-20,25H,4-5,11-15,18H2,1-3H3. The van der Waals surface area contributed by atoms with Crippen molar-refractivity contribution < 1.29 is 13.9 Å². The number of benzene rings is 1. The van der Waals surface area contributed by atoms with E-state index in [2.05, 4.69) is 48.8 Å². The molecule has 0 aromatic heterocycles. The van der Waals surface area contributed by atoms with E-state index in [0.29, 0.717) is 12.5 Å². The Bertz CT molecular complexity index is 836. The van der Waals surface area contributed by atoms with E-state index in [4.69, 9.17) is 4.74 Å². The SMILES string of the molecule is CCCCOC1=CC(C(C)C)=CC=C(CN2CCN(c3cccc(F)c3)CC2)C1C=O. The molecule has 1 fully saturated rings. The Morgan fingerprint density at radius 1 is 1.19 bits per heavy atom. The van der Waals surface area contributed by atoms with Gasteiger partial charge in [0.1, 0.15) is 17.9 Å². The third-order valence-electron chi connectivity index (χ3n) is 6.03. The minimum atomic E-state index is -0.342. The van der Waals surface area contributed by atoms with Crippen LogP contribution in [0.4, 0.5) is 10.1 Å². The number of nitrogens with zero attached hydrogens (tertiary/aromatic N) is 2. The van der Waals surface area contributed by atoms with Crippen molar-refractivity contribution in [3.63, 3.8) is 0 Å². The molecular weight excluding hydrogens is 391 g/mol. The molecule has 0 N–H and O–H groups in total. The van der Waals surface area contributed by atoms with Gasteiger partial charge in [0.25, 0.3) is 0 Å². The normalized spacial score (nSPS) is 20.1. The minimum absolute atomic E-state index is 0.201. The van der Waals surface area contributed by atoms with E-state index in [-0.39, 0.29) is 11.7 Å². The van der Waals surface area contributed by atoms with E-state index in [1.807, 2.05) is 6.07 Å². The number of aldehydes is 1. The number of anilines is 1. The van der Waals surface area contributed by atoms with Gasteiger partial charge in [0, 0.05) is 38.4 Å². The predicted octanol–water partition coefficient (Wildman–Crippen LogP) is 4.99. The Morgan fingerprint density at radius 3 is 2.61 bits per heavy atom. The number of carbonyl (C=O) groups is 1. The van der Waals surface area contributed by atoms with Gasteiger partial charge >= 0.3 is 0 Å². The van der Waals surface area contributed by atoms with Crippen LogP contribution in [0.3, 0.4) is 0 Å². The first-order valence-corrected chi connectivity index (χ1v) is 11.4. The summed E-state index contributed by atoms with van der Waals surface area (Å²) in [6.07, 6.45) is 9.36. The predicted molar refractivity (Wildman–Crippen MR) is 125 cm³/mol. The minimum Gasteiger partial charge on any atom is -0.497 e. The number of allylic oxidation sites excluding steroid dienone is 5. The lowest BCUT2D eigenvalue weighted by Gasteiger charge is -2.37. The number of rotatable bonds is 9. The average molecular weight is 427 g/mol. The second-order valence-electron chi connectivity index (χ2n) is 8.67. The van der Waals surface area contributed by atoms with E-state index in [9.17, 15) is 9.18 Å². The smallest absolute Gasteiger partial charge is 0.134 e. The van der Waals surface area contributed by atoms with Gasteiger partial charge in [-0.05, 0) is 47.8 Å². The molecule has 1 aliphatic heterocycles. The molecule has 1 aliphatic carbocycles. The quantitative estimate of drug-likeness (QED) is 0.412. The van der Waals surface area contributed by atoms with Gasteiger partial charge in [0.05, 0.1) is 12.5 Å². The monoisotopic (exact) mass is 426 g/mol. The molecule has 1 heterocycles. The number of unbranched alkanes of at least 4 members (excludes halogenated alkanes) is 1. The Kier molecular flexibility index (Phi) is 8.47. The zero-order valence-corrected chi connectivity index (χ0v) is 19.0. The van der Waals surface area contributed by atoms with Gasteiger partial charge in [-0.25, -0.2) is 4.39 Å². The van der Waals surface area contributed by atoms with Gasteiger partial charge in [-0.15, -0.1) is 0 Å². The van der Waals surface area contributed by atoms with Crippen molar-refractivity contribution in [2.24, 2.45) is 11.8 Å². The lowest BCUT2D eigenvalue weighted by atomic mass is 9.97. The lowest BCUT2D eigenvalue weighted by molar-refractivity contribution is -0.110. The molecule has 0 spiro atoms. The molecule has 1 unspecified atom stereocenters.